The van der Waals surface area contributed by atoms with Gasteiger partial charge in [0.15, 0.2) is 0 Å². The Balaban J connectivity index is 1.60. The monoisotopic (exact) mass is 253 g/mol. The van der Waals surface area contributed by atoms with Crippen molar-refractivity contribution in [2.24, 2.45) is 23.2 Å². The number of nitrogens with one attached hydrogen (secondary N) is 1. The molecule has 0 atom stereocenters. The van der Waals surface area contributed by atoms with E-state index in [0.29, 0.717) is 11.2 Å². The van der Waals surface area contributed by atoms with Crippen LogP contribution in [0.2, 0.25) is 0 Å². The lowest BCUT2D eigenvalue weighted by atomic mass is 9.49. The fourth-order valence-electron chi connectivity index (χ4n) is 4.97. The molecule has 4 bridgehead atoms. The van der Waals surface area contributed by atoms with Gasteiger partial charge in [0.2, 0.25) is 5.91 Å². The van der Waals surface area contributed by atoms with Crippen LogP contribution in [0.15, 0.2) is 0 Å². The molecule has 4 rings (SSSR count). The van der Waals surface area contributed by atoms with Crippen LogP contribution >= 0.6 is 11.8 Å². The van der Waals surface area contributed by atoms with Crippen molar-refractivity contribution in [3.05, 3.63) is 0 Å². The first-order valence-electron chi connectivity index (χ1n) is 6.95. The summed E-state index contributed by atoms with van der Waals surface area (Å²) in [4.78, 5) is 11.6. The molecule has 0 aromatic heterocycles. The van der Waals surface area contributed by atoms with E-state index in [-0.39, 0.29) is 5.91 Å². The van der Waals surface area contributed by atoms with Gasteiger partial charge in [0.25, 0.3) is 0 Å². The van der Waals surface area contributed by atoms with Gasteiger partial charge in [0.05, 0.1) is 5.75 Å². The summed E-state index contributed by atoms with van der Waals surface area (Å²) in [6.45, 7) is 0.954. The Bertz CT molecular complexity index is 280. The highest BCUT2D eigenvalue weighted by Gasteiger charge is 2.50. The first kappa shape index (κ1) is 11.9. The number of carbonyl (C=O) groups is 1. The molecule has 0 spiro atoms. The van der Waals surface area contributed by atoms with Crippen molar-refractivity contribution in [3.63, 3.8) is 0 Å². The summed E-state index contributed by atoms with van der Waals surface area (Å²) in [5.74, 6) is 3.80. The number of carbonyl (C=O) groups excluding carboxylic acids is 1. The van der Waals surface area contributed by atoms with Gasteiger partial charge in [0, 0.05) is 6.54 Å². The lowest BCUT2D eigenvalue weighted by Gasteiger charge is -2.56. The summed E-state index contributed by atoms with van der Waals surface area (Å²) in [6.07, 6.45) is 10.6. The summed E-state index contributed by atoms with van der Waals surface area (Å²) < 4.78 is 0. The molecular weight excluding hydrogens is 230 g/mol. The van der Waals surface area contributed by atoms with Gasteiger partial charge in [-0.05, 0) is 67.9 Å². The topological polar surface area (TPSA) is 29.1 Å². The average molecular weight is 253 g/mol. The van der Waals surface area contributed by atoms with Crippen LogP contribution in [0.3, 0.4) is 0 Å². The van der Waals surface area contributed by atoms with E-state index < -0.39 is 0 Å². The highest BCUT2D eigenvalue weighted by Crippen LogP contribution is 2.59. The van der Waals surface area contributed by atoms with Crippen LogP contribution in [-0.4, -0.2) is 24.5 Å². The van der Waals surface area contributed by atoms with E-state index in [4.69, 9.17) is 0 Å². The van der Waals surface area contributed by atoms with Gasteiger partial charge in [-0.3, -0.25) is 4.79 Å². The summed E-state index contributed by atoms with van der Waals surface area (Å²) in [7, 11) is 0. The van der Waals surface area contributed by atoms with Crippen LogP contribution in [0, 0.1) is 23.2 Å². The Labute approximate surface area is 108 Å². The fraction of sp³-hybridized carbons (Fsp3) is 0.929. The zero-order valence-corrected chi connectivity index (χ0v) is 11.5. The van der Waals surface area contributed by atoms with E-state index >= 15 is 0 Å². The van der Waals surface area contributed by atoms with E-state index in [1.165, 1.54) is 38.5 Å². The second-order valence-corrected chi connectivity index (χ2v) is 7.49. The smallest absolute Gasteiger partial charge is 0.230 e. The van der Waals surface area contributed by atoms with E-state index in [1.54, 1.807) is 11.8 Å². The molecule has 0 aromatic carbocycles. The highest BCUT2D eigenvalue weighted by atomic mass is 32.2. The molecule has 1 amide bonds. The van der Waals surface area contributed by atoms with Crippen molar-refractivity contribution in [2.45, 2.75) is 38.5 Å². The van der Waals surface area contributed by atoms with Gasteiger partial charge >= 0.3 is 0 Å². The lowest BCUT2D eigenvalue weighted by molar-refractivity contribution is -0.120. The molecule has 4 fully saturated rings. The molecule has 0 heterocycles. The molecule has 4 aliphatic carbocycles. The Kier molecular flexibility index (Phi) is 3.14. The quantitative estimate of drug-likeness (QED) is 0.834. The molecule has 17 heavy (non-hydrogen) atoms. The number of thioether (sulfide) groups is 1. The van der Waals surface area contributed by atoms with Crippen molar-refractivity contribution in [1.29, 1.82) is 0 Å². The molecular formula is C14H23NOS. The highest BCUT2D eigenvalue weighted by molar-refractivity contribution is 7.99. The van der Waals surface area contributed by atoms with E-state index in [0.717, 1.165) is 24.3 Å². The SMILES string of the molecule is CSCC(=O)NCC12CC3CC(CC(C3)C1)C2. The van der Waals surface area contributed by atoms with Gasteiger partial charge in [-0.1, -0.05) is 0 Å². The minimum atomic E-state index is 0.230. The van der Waals surface area contributed by atoms with Crippen LogP contribution < -0.4 is 5.32 Å². The second-order valence-electron chi connectivity index (χ2n) is 6.63. The molecule has 2 nitrogen and oxygen atoms in total. The third kappa shape index (κ3) is 2.35. The largest absolute Gasteiger partial charge is 0.355 e. The molecule has 0 saturated heterocycles. The number of hydrogen-bond donors (Lipinski definition) is 1. The molecule has 0 radical (unpaired) electrons. The first-order valence-corrected chi connectivity index (χ1v) is 8.34. The molecule has 0 aromatic rings. The van der Waals surface area contributed by atoms with Gasteiger partial charge in [0.1, 0.15) is 0 Å². The van der Waals surface area contributed by atoms with Crippen LogP contribution in [0.25, 0.3) is 0 Å². The van der Waals surface area contributed by atoms with Crippen LogP contribution in [0.1, 0.15) is 38.5 Å². The number of hydrogen-bond acceptors (Lipinski definition) is 2. The normalized spacial score (nSPS) is 42.8. The van der Waals surface area contributed by atoms with Crippen molar-refractivity contribution in [3.8, 4) is 0 Å². The molecule has 4 saturated carbocycles. The van der Waals surface area contributed by atoms with Crippen LogP contribution in [0.4, 0.5) is 0 Å². The van der Waals surface area contributed by atoms with Gasteiger partial charge in [-0.15, -0.1) is 0 Å². The summed E-state index contributed by atoms with van der Waals surface area (Å²) in [5, 5.41) is 3.18. The summed E-state index contributed by atoms with van der Waals surface area (Å²) in [6, 6.07) is 0. The van der Waals surface area contributed by atoms with Crippen molar-refractivity contribution >= 4 is 17.7 Å². The molecule has 3 heteroatoms. The zero-order chi connectivity index (χ0) is 11.9. The first-order chi connectivity index (χ1) is 8.19. The second kappa shape index (κ2) is 4.49. The van der Waals surface area contributed by atoms with E-state index in [9.17, 15) is 4.79 Å². The van der Waals surface area contributed by atoms with Crippen LogP contribution in [0.5, 0.6) is 0 Å². The molecule has 96 valence electrons. The zero-order valence-electron chi connectivity index (χ0n) is 10.7. The van der Waals surface area contributed by atoms with Crippen molar-refractivity contribution in [2.75, 3.05) is 18.6 Å². The molecule has 1 N–H and O–H groups in total. The lowest BCUT2D eigenvalue weighted by Crippen LogP contribution is -2.51. The Morgan fingerprint density at radius 1 is 1.18 bits per heavy atom. The predicted octanol–water partition coefficient (Wildman–Crippen LogP) is 2.68. The standard InChI is InChI=1S/C14H23NOS/c1-17-8-13(16)15-9-14-5-10-2-11(6-14)4-12(3-10)7-14/h10-12H,2-9H2,1H3,(H,15,16). The maximum absolute atomic E-state index is 11.6. The van der Waals surface area contributed by atoms with Gasteiger partial charge in [-0.25, -0.2) is 0 Å². The number of amides is 1. The summed E-state index contributed by atoms with van der Waals surface area (Å²) in [5.41, 5.74) is 0.489. The minimum Gasteiger partial charge on any atom is -0.355 e. The maximum Gasteiger partial charge on any atom is 0.230 e. The van der Waals surface area contributed by atoms with Gasteiger partial charge in [-0.2, -0.15) is 11.8 Å². The third-order valence-electron chi connectivity index (χ3n) is 5.10. The molecule has 4 aliphatic rings. The van der Waals surface area contributed by atoms with Crippen molar-refractivity contribution < 1.29 is 4.79 Å². The Morgan fingerprint density at radius 3 is 2.18 bits per heavy atom. The van der Waals surface area contributed by atoms with Crippen molar-refractivity contribution in [1.82, 2.24) is 5.32 Å². The third-order valence-corrected chi connectivity index (χ3v) is 5.65. The van der Waals surface area contributed by atoms with Crippen LogP contribution in [-0.2, 0) is 4.79 Å². The van der Waals surface area contributed by atoms with Gasteiger partial charge < -0.3 is 5.32 Å². The Morgan fingerprint density at radius 2 is 1.71 bits per heavy atom. The number of rotatable bonds is 4. The maximum atomic E-state index is 11.6. The Hall–Kier alpha value is -0.180. The molecule has 0 aliphatic heterocycles. The predicted molar refractivity (Wildman–Crippen MR) is 72.0 cm³/mol. The van der Waals surface area contributed by atoms with E-state index in [2.05, 4.69) is 5.32 Å². The average Bonchev–Trinajstić information content (AvgIpc) is 2.25. The fourth-order valence-corrected chi connectivity index (χ4v) is 5.34. The molecule has 0 unspecified atom stereocenters. The summed E-state index contributed by atoms with van der Waals surface area (Å²) >= 11 is 1.61. The minimum absolute atomic E-state index is 0.230. The van der Waals surface area contributed by atoms with E-state index in [1.807, 2.05) is 6.26 Å².